The number of nitrogens with one attached hydrogen (secondary N) is 2. The first-order valence-corrected chi connectivity index (χ1v) is 6.45. The number of rotatable bonds is 4. The Morgan fingerprint density at radius 2 is 2.05 bits per heavy atom. The molecule has 5 heteroatoms. The smallest absolute Gasteiger partial charge is 0.221 e. The monoisotopic (exact) mass is 270 g/mol. The Balaban J connectivity index is 2.10. The Morgan fingerprint density at radius 1 is 1.25 bits per heavy atom. The van der Waals surface area contributed by atoms with Gasteiger partial charge < -0.3 is 10.6 Å². The molecule has 2 rings (SSSR count). The fourth-order valence-electron chi connectivity index (χ4n) is 1.88. The summed E-state index contributed by atoms with van der Waals surface area (Å²) in [6.07, 6.45) is 1.75. The number of carbonyl (C=O) groups excluding carboxylic acids is 1. The molecule has 2 N–H and O–H groups in total. The molecule has 1 amide bonds. The van der Waals surface area contributed by atoms with Crippen LogP contribution in [0.15, 0.2) is 30.5 Å². The molecule has 0 aliphatic heterocycles. The van der Waals surface area contributed by atoms with Crippen LogP contribution in [-0.4, -0.2) is 15.9 Å². The van der Waals surface area contributed by atoms with Gasteiger partial charge in [0.2, 0.25) is 5.91 Å². The Hall–Kier alpha value is -2.43. The summed E-state index contributed by atoms with van der Waals surface area (Å²) in [5, 5.41) is 6.10. The van der Waals surface area contributed by atoms with E-state index in [-0.39, 0.29) is 5.91 Å². The number of carbonyl (C=O) groups is 1. The van der Waals surface area contributed by atoms with Gasteiger partial charge in [-0.1, -0.05) is 6.07 Å². The first-order chi connectivity index (χ1) is 9.54. The summed E-state index contributed by atoms with van der Waals surface area (Å²) in [4.78, 5) is 19.5. The van der Waals surface area contributed by atoms with Crippen molar-refractivity contribution in [3.05, 3.63) is 47.5 Å². The third-order valence-electron chi connectivity index (χ3n) is 2.85. The van der Waals surface area contributed by atoms with E-state index in [2.05, 4.69) is 20.6 Å². The lowest BCUT2D eigenvalue weighted by atomic mass is 10.1. The van der Waals surface area contributed by atoms with Crippen LogP contribution in [0.2, 0.25) is 0 Å². The molecule has 1 aromatic heterocycles. The van der Waals surface area contributed by atoms with Gasteiger partial charge in [-0.25, -0.2) is 9.97 Å². The van der Waals surface area contributed by atoms with E-state index in [4.69, 9.17) is 0 Å². The molecule has 5 nitrogen and oxygen atoms in total. The van der Waals surface area contributed by atoms with E-state index in [0.29, 0.717) is 6.54 Å². The molecule has 0 radical (unpaired) electrons. The number of hydrogen-bond donors (Lipinski definition) is 2. The summed E-state index contributed by atoms with van der Waals surface area (Å²) in [7, 11) is 0. The molecule has 0 saturated carbocycles. The van der Waals surface area contributed by atoms with Crippen molar-refractivity contribution < 1.29 is 4.79 Å². The van der Waals surface area contributed by atoms with Gasteiger partial charge in [0.05, 0.1) is 12.2 Å². The number of aryl methyl sites for hydroxylation is 2. The van der Waals surface area contributed by atoms with Crippen molar-refractivity contribution in [1.82, 2.24) is 9.97 Å². The maximum Gasteiger partial charge on any atom is 0.221 e. The summed E-state index contributed by atoms with van der Waals surface area (Å²) in [6, 6.07) is 7.66. The van der Waals surface area contributed by atoms with Gasteiger partial charge in [-0.05, 0) is 37.6 Å². The predicted molar refractivity (Wildman–Crippen MR) is 79.6 cm³/mol. The zero-order valence-corrected chi connectivity index (χ0v) is 11.9. The van der Waals surface area contributed by atoms with Crippen molar-refractivity contribution in [3.63, 3.8) is 0 Å². The van der Waals surface area contributed by atoms with Gasteiger partial charge in [0.1, 0.15) is 5.82 Å². The Kier molecular flexibility index (Phi) is 4.30. The molecule has 20 heavy (non-hydrogen) atoms. The normalized spacial score (nSPS) is 10.2. The van der Waals surface area contributed by atoms with E-state index >= 15 is 0 Å². The van der Waals surface area contributed by atoms with E-state index in [0.717, 1.165) is 28.5 Å². The van der Waals surface area contributed by atoms with Crippen LogP contribution >= 0.6 is 0 Å². The maximum atomic E-state index is 11.1. The van der Waals surface area contributed by atoms with Crippen molar-refractivity contribution >= 4 is 17.3 Å². The van der Waals surface area contributed by atoms with Crippen molar-refractivity contribution in [1.29, 1.82) is 0 Å². The molecule has 0 fully saturated rings. The third-order valence-corrected chi connectivity index (χ3v) is 2.85. The summed E-state index contributed by atoms with van der Waals surface area (Å²) in [6.45, 7) is 6.00. The lowest BCUT2D eigenvalue weighted by Crippen LogP contribution is -2.08. The lowest BCUT2D eigenvalue weighted by Gasteiger charge is -2.11. The van der Waals surface area contributed by atoms with Crippen LogP contribution in [0.1, 0.15) is 24.0 Å². The molecule has 0 spiro atoms. The molecule has 0 unspecified atom stereocenters. The van der Waals surface area contributed by atoms with Crippen LogP contribution in [0.3, 0.4) is 0 Å². The van der Waals surface area contributed by atoms with Crippen molar-refractivity contribution in [2.75, 3.05) is 10.6 Å². The molecular formula is C15H18N4O. The number of aromatic nitrogens is 2. The van der Waals surface area contributed by atoms with Crippen LogP contribution in [0.25, 0.3) is 0 Å². The molecule has 0 bridgehead atoms. The quantitative estimate of drug-likeness (QED) is 0.896. The van der Waals surface area contributed by atoms with Gasteiger partial charge in [0, 0.05) is 24.5 Å². The lowest BCUT2D eigenvalue weighted by molar-refractivity contribution is -0.114. The summed E-state index contributed by atoms with van der Waals surface area (Å²) >= 11 is 0. The van der Waals surface area contributed by atoms with Gasteiger partial charge in [-0.15, -0.1) is 0 Å². The third kappa shape index (κ3) is 3.78. The minimum Gasteiger partial charge on any atom is -0.379 e. The van der Waals surface area contributed by atoms with Gasteiger partial charge >= 0.3 is 0 Å². The van der Waals surface area contributed by atoms with Gasteiger partial charge in [-0.3, -0.25) is 4.79 Å². The molecule has 0 saturated heterocycles. The minimum absolute atomic E-state index is 0.0776. The van der Waals surface area contributed by atoms with Crippen LogP contribution < -0.4 is 10.6 Å². The number of amides is 1. The van der Waals surface area contributed by atoms with E-state index < -0.39 is 0 Å². The summed E-state index contributed by atoms with van der Waals surface area (Å²) in [5.41, 5.74) is 3.81. The highest BCUT2D eigenvalue weighted by Crippen LogP contribution is 2.20. The van der Waals surface area contributed by atoms with Crippen molar-refractivity contribution in [2.45, 2.75) is 27.3 Å². The second kappa shape index (κ2) is 6.14. The summed E-state index contributed by atoms with van der Waals surface area (Å²) in [5.74, 6) is 0.680. The fourth-order valence-corrected chi connectivity index (χ4v) is 1.88. The first kappa shape index (κ1) is 14.0. The second-order valence-corrected chi connectivity index (χ2v) is 4.66. The van der Waals surface area contributed by atoms with E-state index in [9.17, 15) is 4.79 Å². The fraction of sp³-hybridized carbons (Fsp3) is 0.267. The largest absolute Gasteiger partial charge is 0.379 e. The average molecular weight is 270 g/mol. The number of hydrogen-bond acceptors (Lipinski definition) is 4. The topological polar surface area (TPSA) is 66.9 Å². The SMILES string of the molecule is CC(=O)Nc1ccc(C)c(NCc2ccnc(C)n2)c1. The number of nitrogens with zero attached hydrogens (tertiary/aromatic N) is 2. The number of benzene rings is 1. The Labute approximate surface area is 118 Å². The standard InChI is InChI=1S/C15H18N4O/c1-10-4-5-13(19-12(3)20)8-15(10)17-9-14-6-7-16-11(2)18-14/h4-8,17H,9H2,1-3H3,(H,19,20). The molecule has 2 aromatic rings. The van der Waals surface area contributed by atoms with E-state index in [1.165, 1.54) is 6.92 Å². The average Bonchev–Trinajstić information content (AvgIpc) is 2.39. The molecule has 1 aromatic carbocycles. The minimum atomic E-state index is -0.0776. The Bertz CT molecular complexity index is 625. The van der Waals surface area contributed by atoms with E-state index in [1.54, 1.807) is 6.20 Å². The van der Waals surface area contributed by atoms with Crippen molar-refractivity contribution in [2.24, 2.45) is 0 Å². The van der Waals surface area contributed by atoms with Crippen LogP contribution in [-0.2, 0) is 11.3 Å². The van der Waals surface area contributed by atoms with Gasteiger partial charge in [0.25, 0.3) is 0 Å². The Morgan fingerprint density at radius 3 is 2.75 bits per heavy atom. The number of anilines is 2. The molecule has 0 aliphatic carbocycles. The highest BCUT2D eigenvalue weighted by molar-refractivity contribution is 5.89. The maximum absolute atomic E-state index is 11.1. The predicted octanol–water partition coefficient (Wildman–Crippen LogP) is 2.66. The highest BCUT2D eigenvalue weighted by atomic mass is 16.1. The van der Waals surface area contributed by atoms with Crippen LogP contribution in [0.5, 0.6) is 0 Å². The molecular weight excluding hydrogens is 252 g/mol. The summed E-state index contributed by atoms with van der Waals surface area (Å²) < 4.78 is 0. The second-order valence-electron chi connectivity index (χ2n) is 4.66. The van der Waals surface area contributed by atoms with Gasteiger partial charge in [0.15, 0.2) is 0 Å². The highest BCUT2D eigenvalue weighted by Gasteiger charge is 2.03. The zero-order chi connectivity index (χ0) is 14.5. The van der Waals surface area contributed by atoms with Crippen LogP contribution in [0, 0.1) is 13.8 Å². The molecule has 1 heterocycles. The first-order valence-electron chi connectivity index (χ1n) is 6.45. The molecule has 0 aliphatic rings. The zero-order valence-electron chi connectivity index (χ0n) is 11.9. The molecule has 0 atom stereocenters. The van der Waals surface area contributed by atoms with Crippen LogP contribution in [0.4, 0.5) is 11.4 Å². The van der Waals surface area contributed by atoms with Crippen molar-refractivity contribution in [3.8, 4) is 0 Å². The van der Waals surface area contributed by atoms with Gasteiger partial charge in [-0.2, -0.15) is 0 Å². The molecule has 104 valence electrons. The van der Waals surface area contributed by atoms with E-state index in [1.807, 2.05) is 38.1 Å².